The fraction of sp³-hybridized carbons (Fsp3) is 0.292. The molecule has 0 aliphatic carbocycles. The van der Waals surface area contributed by atoms with Gasteiger partial charge in [0.25, 0.3) is 0 Å². The highest BCUT2D eigenvalue weighted by Gasteiger charge is 2.33. The van der Waals surface area contributed by atoms with Gasteiger partial charge in [-0.25, -0.2) is 0 Å². The highest BCUT2D eigenvalue weighted by molar-refractivity contribution is 7.09. The Kier molecular flexibility index (Phi) is 15.1. The van der Waals surface area contributed by atoms with Gasteiger partial charge < -0.3 is 25.8 Å². The van der Waals surface area contributed by atoms with Crippen LogP contribution in [0.15, 0.2) is 127 Å². The molecule has 12 heteroatoms. The van der Waals surface area contributed by atoms with Crippen LogP contribution in [0.2, 0.25) is 0 Å². The molecule has 5 atom stereocenters. The van der Waals surface area contributed by atoms with Crippen molar-refractivity contribution in [1.29, 1.82) is 0 Å². The number of aryl methyl sites for hydroxylation is 1. The first kappa shape index (κ1) is 43.2. The molecular weight excluding hydrogens is 779 g/mol. The molecule has 60 heavy (non-hydrogen) atoms. The van der Waals surface area contributed by atoms with Crippen molar-refractivity contribution in [3.8, 4) is 16.9 Å². The lowest BCUT2D eigenvalue weighted by molar-refractivity contribution is -0.142. The van der Waals surface area contributed by atoms with Crippen LogP contribution >= 0.6 is 11.3 Å². The zero-order valence-electron chi connectivity index (χ0n) is 33.4. The number of hydrogen-bond acceptors (Lipinski definition) is 8. The number of carbonyl (C=O) groups excluding carboxylic acids is 5. The van der Waals surface area contributed by atoms with E-state index in [1.807, 2.05) is 102 Å². The fourth-order valence-corrected chi connectivity index (χ4v) is 8.00. The summed E-state index contributed by atoms with van der Waals surface area (Å²) in [5.41, 5.74) is 4.37. The molecule has 310 valence electrons. The van der Waals surface area contributed by atoms with E-state index in [2.05, 4.69) is 16.0 Å². The quantitative estimate of drug-likeness (QED) is 0.123. The summed E-state index contributed by atoms with van der Waals surface area (Å²) in [4.78, 5) is 82.9. The van der Waals surface area contributed by atoms with E-state index >= 15 is 0 Å². The second-order valence-corrected chi connectivity index (χ2v) is 16.2. The molecular formula is C48H49N3O8S. The average molecular weight is 828 g/mol. The minimum atomic E-state index is -1.23. The molecule has 0 spiro atoms. The van der Waals surface area contributed by atoms with Crippen LogP contribution in [-0.4, -0.2) is 65.1 Å². The first-order valence-corrected chi connectivity index (χ1v) is 21.0. The average Bonchev–Trinajstić information content (AvgIpc) is 3.78. The molecule has 0 unspecified atom stereocenters. The van der Waals surface area contributed by atoms with Crippen LogP contribution in [0.1, 0.15) is 47.8 Å². The van der Waals surface area contributed by atoms with Gasteiger partial charge in [0, 0.05) is 36.0 Å². The maximum absolute atomic E-state index is 14.6. The van der Waals surface area contributed by atoms with Gasteiger partial charge >= 0.3 is 5.97 Å². The molecule has 3 heterocycles. The third-order valence-corrected chi connectivity index (χ3v) is 11.5. The minimum absolute atomic E-state index is 0.0844. The summed E-state index contributed by atoms with van der Waals surface area (Å²) in [6.07, 6.45) is 0.631. The van der Waals surface area contributed by atoms with E-state index in [1.165, 1.54) is 18.3 Å². The van der Waals surface area contributed by atoms with Crippen molar-refractivity contribution in [2.24, 2.45) is 11.8 Å². The van der Waals surface area contributed by atoms with Crippen molar-refractivity contribution in [1.82, 2.24) is 16.0 Å². The lowest BCUT2D eigenvalue weighted by Crippen LogP contribution is -2.54. The van der Waals surface area contributed by atoms with Crippen molar-refractivity contribution in [3.05, 3.63) is 148 Å². The summed E-state index contributed by atoms with van der Waals surface area (Å²) in [5.74, 6) is -5.06. The maximum Gasteiger partial charge on any atom is 0.325 e. The summed E-state index contributed by atoms with van der Waals surface area (Å²) in [5, 5.41) is 19.8. The molecule has 11 nitrogen and oxygen atoms in total. The number of hydrogen-bond donors (Lipinski definition) is 4. The van der Waals surface area contributed by atoms with Crippen LogP contribution in [0, 0.1) is 11.8 Å². The van der Waals surface area contributed by atoms with Gasteiger partial charge in [-0.1, -0.05) is 103 Å². The zero-order chi connectivity index (χ0) is 42.4. The normalized spacial score (nSPS) is 19.8. The molecule has 2 aliphatic rings. The van der Waals surface area contributed by atoms with E-state index in [0.717, 1.165) is 27.1 Å². The van der Waals surface area contributed by atoms with E-state index in [-0.39, 0.29) is 50.9 Å². The van der Waals surface area contributed by atoms with Crippen LogP contribution in [-0.2, 0) is 54.5 Å². The number of nitrogens with one attached hydrogen (secondary N) is 3. The third-order valence-electron chi connectivity index (χ3n) is 10.6. The predicted molar refractivity (Wildman–Crippen MR) is 229 cm³/mol. The number of aliphatic carboxylic acids is 1. The second-order valence-electron chi connectivity index (χ2n) is 15.2. The number of rotatable bonds is 11. The highest BCUT2D eigenvalue weighted by Crippen LogP contribution is 2.24. The predicted octanol–water partition coefficient (Wildman–Crippen LogP) is 6.18. The van der Waals surface area contributed by atoms with Crippen molar-refractivity contribution in [2.45, 2.75) is 70.0 Å². The first-order chi connectivity index (χ1) is 29.0. The molecule has 1 aromatic heterocycles. The van der Waals surface area contributed by atoms with E-state index in [9.17, 15) is 33.9 Å². The molecule has 3 amide bonds. The van der Waals surface area contributed by atoms with Gasteiger partial charge in [-0.2, -0.15) is 0 Å². The molecule has 0 saturated carbocycles. The maximum atomic E-state index is 14.6. The van der Waals surface area contributed by atoms with Gasteiger partial charge in [0.1, 0.15) is 24.4 Å². The molecule has 0 radical (unpaired) electrons. The van der Waals surface area contributed by atoms with Crippen molar-refractivity contribution in [3.63, 3.8) is 0 Å². The van der Waals surface area contributed by atoms with Gasteiger partial charge in [-0.3, -0.25) is 28.8 Å². The Balaban J connectivity index is 1.35. The summed E-state index contributed by atoms with van der Waals surface area (Å²) in [7, 11) is 0. The SMILES string of the molecule is C[C@H](NC(=O)[C@H]1CC(=O)[C@H](CCc2ccccc2)NC(=O)[C@@H](Cc2ccc(-c3ccccc3)cc2)NC(=O)[C@H](Cc2cccs2)CC(=O)COc2ccc(cc2)C1)C(=O)O. The van der Waals surface area contributed by atoms with Crippen LogP contribution in [0.25, 0.3) is 11.1 Å². The number of thiophene rings is 1. The number of amides is 3. The minimum Gasteiger partial charge on any atom is -0.486 e. The smallest absolute Gasteiger partial charge is 0.325 e. The van der Waals surface area contributed by atoms with Crippen LogP contribution in [0.3, 0.4) is 0 Å². The number of ether oxygens (including phenoxy) is 1. The lowest BCUT2D eigenvalue weighted by Gasteiger charge is -2.26. The van der Waals surface area contributed by atoms with Gasteiger partial charge in [0.15, 0.2) is 11.6 Å². The van der Waals surface area contributed by atoms with Crippen molar-refractivity contribution in [2.75, 3.05) is 6.61 Å². The standard InChI is InChI=1S/C48H49N3O8S/c1-31(48(57)58)49-45(54)37-25-33-16-21-40(22-17-33)59-30-39(52)27-38(28-41-13-8-24-60-41)46(55)51-43(26-34-14-19-36(20-15-34)35-11-6-3-7-12-35)47(56)50-42(44(53)29-37)23-18-32-9-4-2-5-10-32/h2-17,19-22,24,31,37-38,42-43H,18,23,25-30H2,1H3,(H,49,54)(H,50,56)(H,51,55)(H,57,58)/t31-,37+,38-,42-,43+/m0/s1. The topological polar surface area (TPSA) is 168 Å². The number of carboxylic acids is 1. The first-order valence-electron chi connectivity index (χ1n) is 20.1. The summed E-state index contributed by atoms with van der Waals surface area (Å²) < 4.78 is 5.82. The number of carboxylic acid groups (broad SMARTS) is 1. The Morgan fingerprint density at radius 2 is 1.40 bits per heavy atom. The number of Topliss-reactive ketones (excluding diaryl/α,β-unsaturated/α-hetero) is 2. The van der Waals surface area contributed by atoms with Crippen LogP contribution in [0.5, 0.6) is 5.75 Å². The number of ketones is 2. The Hall–Kier alpha value is -6.40. The second kappa shape index (κ2) is 21.0. The fourth-order valence-electron chi connectivity index (χ4n) is 7.21. The number of benzene rings is 4. The van der Waals surface area contributed by atoms with Crippen LogP contribution in [0.4, 0.5) is 0 Å². The van der Waals surface area contributed by atoms with E-state index in [1.54, 1.807) is 24.3 Å². The Bertz CT molecular complexity index is 2230. The third kappa shape index (κ3) is 12.6. The molecule has 4 N–H and O–H groups in total. The van der Waals surface area contributed by atoms with Crippen molar-refractivity contribution < 1.29 is 38.6 Å². The molecule has 4 aromatic carbocycles. The summed E-state index contributed by atoms with van der Waals surface area (Å²) in [6, 6.07) is 34.1. The van der Waals surface area contributed by atoms with Gasteiger partial charge in [0.05, 0.1) is 6.04 Å². The van der Waals surface area contributed by atoms with E-state index in [4.69, 9.17) is 4.74 Å². The molecule has 7 rings (SSSR count). The monoisotopic (exact) mass is 827 g/mol. The summed E-state index contributed by atoms with van der Waals surface area (Å²) >= 11 is 1.47. The van der Waals surface area contributed by atoms with Gasteiger partial charge in [0.2, 0.25) is 17.7 Å². The van der Waals surface area contributed by atoms with E-state index < -0.39 is 59.4 Å². The lowest BCUT2D eigenvalue weighted by atomic mass is 9.89. The Labute approximate surface area is 353 Å². The highest BCUT2D eigenvalue weighted by atomic mass is 32.1. The molecule has 0 saturated heterocycles. The van der Waals surface area contributed by atoms with Crippen LogP contribution < -0.4 is 20.7 Å². The van der Waals surface area contributed by atoms with Gasteiger partial charge in [-0.05, 0) is 84.0 Å². The molecule has 5 aromatic rings. The Morgan fingerprint density at radius 1 is 0.733 bits per heavy atom. The number of carbonyl (C=O) groups is 6. The Morgan fingerprint density at radius 3 is 2.07 bits per heavy atom. The summed E-state index contributed by atoms with van der Waals surface area (Å²) in [6.45, 7) is 1.05. The zero-order valence-corrected chi connectivity index (χ0v) is 34.2. The molecule has 0 fully saturated rings. The van der Waals surface area contributed by atoms with Gasteiger partial charge in [-0.15, -0.1) is 11.3 Å². The van der Waals surface area contributed by atoms with E-state index in [0.29, 0.717) is 17.7 Å². The number of fused-ring (bicyclic) bond motifs is 16. The largest absolute Gasteiger partial charge is 0.486 e. The molecule has 2 bridgehead atoms. The molecule has 2 aliphatic heterocycles. The van der Waals surface area contributed by atoms with Crippen molar-refractivity contribution >= 4 is 46.6 Å².